The fraction of sp³-hybridized carbons (Fsp3) is 0.133. The molecule has 0 aromatic heterocycles. The summed E-state index contributed by atoms with van der Waals surface area (Å²) in [6, 6.07) is 12.4. The predicted molar refractivity (Wildman–Crippen MR) is 76.2 cm³/mol. The van der Waals surface area contributed by atoms with Crippen LogP contribution in [0.25, 0.3) is 11.1 Å². The molecule has 1 heterocycles. The first kappa shape index (κ1) is 12.9. The van der Waals surface area contributed by atoms with Crippen molar-refractivity contribution in [2.75, 3.05) is 6.26 Å². The number of sulfone groups is 1. The van der Waals surface area contributed by atoms with Crippen molar-refractivity contribution in [1.82, 2.24) is 5.32 Å². The Morgan fingerprint density at radius 3 is 2.30 bits per heavy atom. The highest BCUT2D eigenvalue weighted by molar-refractivity contribution is 7.90. The van der Waals surface area contributed by atoms with Crippen LogP contribution in [0.3, 0.4) is 0 Å². The maximum absolute atomic E-state index is 11.6. The minimum Gasteiger partial charge on any atom is -0.348 e. The van der Waals surface area contributed by atoms with Gasteiger partial charge < -0.3 is 5.32 Å². The molecule has 3 rings (SSSR count). The van der Waals surface area contributed by atoms with Gasteiger partial charge in [0.15, 0.2) is 9.84 Å². The number of rotatable bonds is 2. The van der Waals surface area contributed by atoms with E-state index in [2.05, 4.69) is 5.32 Å². The Balaban J connectivity index is 2.02. The Bertz CT molecular complexity index is 792. The lowest BCUT2D eigenvalue weighted by Crippen LogP contribution is -2.12. The topological polar surface area (TPSA) is 63.2 Å². The van der Waals surface area contributed by atoms with E-state index in [-0.39, 0.29) is 5.91 Å². The normalized spacial score (nSPS) is 13.9. The molecule has 1 aliphatic heterocycles. The van der Waals surface area contributed by atoms with Gasteiger partial charge in [-0.3, -0.25) is 4.79 Å². The highest BCUT2D eigenvalue weighted by atomic mass is 32.2. The summed E-state index contributed by atoms with van der Waals surface area (Å²) < 4.78 is 22.8. The van der Waals surface area contributed by atoms with Gasteiger partial charge in [-0.25, -0.2) is 8.42 Å². The van der Waals surface area contributed by atoms with Gasteiger partial charge in [0.2, 0.25) is 0 Å². The van der Waals surface area contributed by atoms with Crippen LogP contribution in [-0.2, 0) is 16.4 Å². The highest BCUT2D eigenvalue weighted by Crippen LogP contribution is 2.26. The zero-order valence-electron chi connectivity index (χ0n) is 10.9. The van der Waals surface area contributed by atoms with E-state index in [0.29, 0.717) is 17.0 Å². The van der Waals surface area contributed by atoms with Crippen molar-refractivity contribution in [3.05, 3.63) is 53.6 Å². The van der Waals surface area contributed by atoms with Crippen molar-refractivity contribution >= 4 is 15.7 Å². The molecule has 2 aromatic rings. The maximum Gasteiger partial charge on any atom is 0.251 e. The van der Waals surface area contributed by atoms with Crippen molar-refractivity contribution in [2.24, 2.45) is 0 Å². The van der Waals surface area contributed by atoms with E-state index >= 15 is 0 Å². The molecular weight excluding hydrogens is 274 g/mol. The van der Waals surface area contributed by atoms with Crippen LogP contribution >= 0.6 is 0 Å². The molecule has 0 spiro atoms. The monoisotopic (exact) mass is 287 g/mol. The SMILES string of the molecule is CS(=O)(=O)c1ccc(-c2ccc3c(c2)C(=O)NC3)cc1. The number of hydrogen-bond acceptors (Lipinski definition) is 3. The van der Waals surface area contributed by atoms with Gasteiger partial charge in [-0.2, -0.15) is 0 Å². The first-order chi connectivity index (χ1) is 9.45. The average molecular weight is 287 g/mol. The summed E-state index contributed by atoms with van der Waals surface area (Å²) in [7, 11) is -3.18. The predicted octanol–water partition coefficient (Wildman–Crippen LogP) is 2.00. The number of carbonyl (C=O) groups excluding carboxylic acids is 1. The largest absolute Gasteiger partial charge is 0.348 e. The Morgan fingerprint density at radius 1 is 1.00 bits per heavy atom. The van der Waals surface area contributed by atoms with E-state index in [9.17, 15) is 13.2 Å². The summed E-state index contributed by atoms with van der Waals surface area (Å²) in [6.07, 6.45) is 1.18. The van der Waals surface area contributed by atoms with Gasteiger partial charge in [0.05, 0.1) is 4.90 Å². The number of benzene rings is 2. The summed E-state index contributed by atoms with van der Waals surface area (Å²) in [5.41, 5.74) is 3.47. The van der Waals surface area contributed by atoms with E-state index in [0.717, 1.165) is 16.7 Å². The maximum atomic E-state index is 11.6. The van der Waals surface area contributed by atoms with E-state index in [1.165, 1.54) is 6.26 Å². The van der Waals surface area contributed by atoms with Crippen molar-refractivity contribution in [2.45, 2.75) is 11.4 Å². The molecule has 0 saturated carbocycles. The lowest BCUT2D eigenvalue weighted by molar-refractivity contribution is 0.0966. The number of amides is 1. The van der Waals surface area contributed by atoms with Crippen molar-refractivity contribution < 1.29 is 13.2 Å². The second-order valence-corrected chi connectivity index (χ2v) is 6.87. The zero-order chi connectivity index (χ0) is 14.3. The van der Waals surface area contributed by atoms with Crippen molar-refractivity contribution in [3.8, 4) is 11.1 Å². The molecule has 1 aliphatic rings. The Hall–Kier alpha value is -2.14. The summed E-state index contributed by atoms with van der Waals surface area (Å²) in [4.78, 5) is 11.9. The first-order valence-electron chi connectivity index (χ1n) is 6.17. The fourth-order valence-corrected chi connectivity index (χ4v) is 2.92. The molecule has 0 fully saturated rings. The van der Waals surface area contributed by atoms with Crippen LogP contribution in [0.2, 0.25) is 0 Å². The molecule has 1 N–H and O–H groups in total. The molecular formula is C15H13NO3S. The molecule has 102 valence electrons. The van der Waals surface area contributed by atoms with Gasteiger partial charge in [0.1, 0.15) is 0 Å². The number of carbonyl (C=O) groups is 1. The molecule has 0 unspecified atom stereocenters. The van der Waals surface area contributed by atoms with Crippen LogP contribution in [0.5, 0.6) is 0 Å². The minimum absolute atomic E-state index is 0.0605. The van der Waals surface area contributed by atoms with Crippen LogP contribution < -0.4 is 5.32 Å². The van der Waals surface area contributed by atoms with Crippen molar-refractivity contribution in [3.63, 3.8) is 0 Å². The van der Waals surface area contributed by atoms with Crippen LogP contribution in [0.1, 0.15) is 15.9 Å². The third-order valence-corrected chi connectivity index (χ3v) is 4.54. The number of nitrogens with one attached hydrogen (secondary N) is 1. The van der Waals surface area contributed by atoms with Crippen molar-refractivity contribution in [1.29, 1.82) is 0 Å². The highest BCUT2D eigenvalue weighted by Gasteiger charge is 2.19. The van der Waals surface area contributed by atoms with E-state index < -0.39 is 9.84 Å². The quantitative estimate of drug-likeness (QED) is 0.919. The van der Waals surface area contributed by atoms with Crippen LogP contribution in [-0.4, -0.2) is 20.6 Å². The van der Waals surface area contributed by atoms with Gasteiger partial charge in [0, 0.05) is 18.4 Å². The second kappa shape index (κ2) is 4.45. The molecule has 0 aliphatic carbocycles. The van der Waals surface area contributed by atoms with E-state index in [1.807, 2.05) is 18.2 Å². The first-order valence-corrected chi connectivity index (χ1v) is 8.06. The average Bonchev–Trinajstić information content (AvgIpc) is 2.79. The number of hydrogen-bond donors (Lipinski definition) is 1. The molecule has 20 heavy (non-hydrogen) atoms. The molecule has 2 aromatic carbocycles. The fourth-order valence-electron chi connectivity index (χ4n) is 2.29. The minimum atomic E-state index is -3.18. The summed E-state index contributed by atoms with van der Waals surface area (Å²) in [5.74, 6) is -0.0605. The Morgan fingerprint density at radius 2 is 1.65 bits per heavy atom. The van der Waals surface area contributed by atoms with Gasteiger partial charge in [0.25, 0.3) is 5.91 Å². The smallest absolute Gasteiger partial charge is 0.251 e. The second-order valence-electron chi connectivity index (χ2n) is 4.85. The standard InChI is InChI=1S/C15H13NO3S/c1-20(18,19)13-6-4-10(5-7-13)11-2-3-12-9-16-15(17)14(12)8-11/h2-8H,9H2,1H3,(H,16,17). The van der Waals surface area contributed by atoms with Crippen LogP contribution in [0, 0.1) is 0 Å². The summed E-state index contributed by atoms with van der Waals surface area (Å²) in [5, 5.41) is 2.77. The van der Waals surface area contributed by atoms with Gasteiger partial charge in [-0.1, -0.05) is 24.3 Å². The van der Waals surface area contributed by atoms with Crippen LogP contribution in [0.4, 0.5) is 0 Å². The van der Waals surface area contributed by atoms with E-state index in [1.54, 1.807) is 24.3 Å². The molecule has 1 amide bonds. The molecule has 0 radical (unpaired) electrons. The molecule has 0 bridgehead atoms. The van der Waals surface area contributed by atoms with Gasteiger partial charge in [-0.15, -0.1) is 0 Å². The molecule has 0 saturated heterocycles. The van der Waals surface area contributed by atoms with E-state index in [4.69, 9.17) is 0 Å². The third-order valence-electron chi connectivity index (χ3n) is 3.41. The molecule has 4 nitrogen and oxygen atoms in total. The number of fused-ring (bicyclic) bond motifs is 1. The zero-order valence-corrected chi connectivity index (χ0v) is 11.7. The molecule has 5 heteroatoms. The van der Waals surface area contributed by atoms with Crippen LogP contribution in [0.15, 0.2) is 47.4 Å². The Kier molecular flexibility index (Phi) is 2.87. The lowest BCUT2D eigenvalue weighted by Gasteiger charge is -2.05. The van der Waals surface area contributed by atoms with Gasteiger partial charge in [-0.05, 0) is 34.9 Å². The Labute approximate surface area is 117 Å². The summed E-state index contributed by atoms with van der Waals surface area (Å²) in [6.45, 7) is 0.571. The third kappa shape index (κ3) is 2.20. The summed E-state index contributed by atoms with van der Waals surface area (Å²) >= 11 is 0. The molecule has 0 atom stereocenters. The van der Waals surface area contributed by atoms with Gasteiger partial charge >= 0.3 is 0 Å². The lowest BCUT2D eigenvalue weighted by atomic mass is 10.0.